The lowest BCUT2D eigenvalue weighted by Gasteiger charge is -2.20. The Morgan fingerprint density at radius 3 is 1.73 bits per heavy atom. The Balaban J connectivity index is 2.34. The minimum Gasteiger partial charge on any atom is -0.238 e. The average molecular weight is 380 g/mol. The molecular weight excluding hydrogens is 368 g/mol. The quantitative estimate of drug-likeness (QED) is 0.162. The molecule has 0 aromatic heterocycles. The number of hydrogen-bond donors (Lipinski definition) is 0. The highest BCUT2D eigenvalue weighted by Gasteiger charge is 2.22. The number of benzene rings is 5. The van der Waals surface area contributed by atoms with E-state index in [2.05, 4.69) is 21.8 Å². The molecule has 0 fully saturated rings. The molecule has 0 heterocycles. The standard InChI is InChI=1S/C26H12N4/c1-13-5-7-17-18-8-6-15(11-27)22-14(2)9-19(29-3)25(24(18)22)26-20(30-4)10-16(12-28)21(13)23(17)26/h5-10H,1-2H3. The van der Waals surface area contributed by atoms with Crippen molar-refractivity contribution < 1.29 is 0 Å². The van der Waals surface area contributed by atoms with E-state index in [1.54, 1.807) is 12.1 Å². The Hall–Kier alpha value is -4.64. The third-order valence-electron chi connectivity index (χ3n) is 5.95. The van der Waals surface area contributed by atoms with Crippen LogP contribution >= 0.6 is 0 Å². The van der Waals surface area contributed by atoms with Gasteiger partial charge in [-0.15, -0.1) is 0 Å². The Morgan fingerprint density at radius 1 is 0.633 bits per heavy atom. The third kappa shape index (κ3) is 1.95. The van der Waals surface area contributed by atoms with Crippen LogP contribution in [-0.2, 0) is 0 Å². The van der Waals surface area contributed by atoms with Crippen LogP contribution in [0.5, 0.6) is 0 Å². The molecule has 0 saturated heterocycles. The van der Waals surface area contributed by atoms with Gasteiger partial charge >= 0.3 is 0 Å². The first-order valence-electron chi connectivity index (χ1n) is 9.32. The van der Waals surface area contributed by atoms with Crippen molar-refractivity contribution in [3.05, 3.63) is 81.5 Å². The molecule has 5 rings (SSSR count). The smallest absolute Gasteiger partial charge is 0.195 e. The van der Waals surface area contributed by atoms with Crippen molar-refractivity contribution in [2.45, 2.75) is 13.8 Å². The van der Waals surface area contributed by atoms with Gasteiger partial charge in [-0.2, -0.15) is 10.5 Å². The molecule has 0 aliphatic heterocycles. The normalized spacial score (nSPS) is 10.9. The predicted molar refractivity (Wildman–Crippen MR) is 119 cm³/mol. The zero-order chi connectivity index (χ0) is 21.2. The fourth-order valence-corrected chi connectivity index (χ4v) is 4.78. The summed E-state index contributed by atoms with van der Waals surface area (Å²) in [6.07, 6.45) is 0. The lowest BCUT2D eigenvalue weighted by molar-refractivity contribution is 1.48. The van der Waals surface area contributed by atoms with E-state index < -0.39 is 0 Å². The highest BCUT2D eigenvalue weighted by molar-refractivity contribution is 6.39. The molecule has 136 valence electrons. The molecule has 4 heteroatoms. The van der Waals surface area contributed by atoms with Gasteiger partial charge < -0.3 is 0 Å². The summed E-state index contributed by atoms with van der Waals surface area (Å²) in [5.41, 5.74) is 3.64. The topological polar surface area (TPSA) is 56.3 Å². The first kappa shape index (κ1) is 17.5. The molecule has 5 aromatic carbocycles. The molecule has 0 bridgehead atoms. The Kier molecular flexibility index (Phi) is 3.45. The lowest BCUT2D eigenvalue weighted by atomic mass is 9.83. The van der Waals surface area contributed by atoms with Crippen LogP contribution in [0.4, 0.5) is 11.4 Å². The summed E-state index contributed by atoms with van der Waals surface area (Å²) in [7, 11) is 0. The van der Waals surface area contributed by atoms with Crippen LogP contribution in [0.3, 0.4) is 0 Å². The van der Waals surface area contributed by atoms with Crippen LogP contribution < -0.4 is 0 Å². The summed E-state index contributed by atoms with van der Waals surface area (Å²) in [6, 6.07) is 15.7. The minimum absolute atomic E-state index is 0.356. The van der Waals surface area contributed by atoms with E-state index in [9.17, 15) is 10.5 Å². The van der Waals surface area contributed by atoms with Gasteiger partial charge in [-0.25, -0.2) is 9.69 Å². The van der Waals surface area contributed by atoms with Crippen LogP contribution in [0.1, 0.15) is 22.3 Å². The number of hydrogen-bond acceptors (Lipinski definition) is 2. The molecule has 0 N–H and O–H groups in total. The highest BCUT2D eigenvalue weighted by atomic mass is 14.7. The van der Waals surface area contributed by atoms with Crippen LogP contribution in [-0.4, -0.2) is 0 Å². The number of nitriles is 2. The van der Waals surface area contributed by atoms with Gasteiger partial charge in [0.15, 0.2) is 11.4 Å². The van der Waals surface area contributed by atoms with Crippen molar-refractivity contribution >= 4 is 54.5 Å². The average Bonchev–Trinajstić information content (AvgIpc) is 2.77. The molecule has 0 radical (unpaired) electrons. The molecular formula is C26H12N4. The second-order valence-corrected chi connectivity index (χ2v) is 7.44. The highest BCUT2D eigenvalue weighted by Crippen LogP contribution is 2.49. The van der Waals surface area contributed by atoms with E-state index in [0.29, 0.717) is 33.3 Å². The van der Waals surface area contributed by atoms with Crippen LogP contribution in [0.25, 0.3) is 52.8 Å². The second kappa shape index (κ2) is 5.93. The maximum atomic E-state index is 9.77. The molecule has 5 aromatic rings. The van der Waals surface area contributed by atoms with E-state index in [-0.39, 0.29) is 0 Å². The van der Waals surface area contributed by atoms with Crippen LogP contribution in [0, 0.1) is 49.7 Å². The van der Waals surface area contributed by atoms with Crippen molar-refractivity contribution in [1.82, 2.24) is 0 Å². The summed E-state index contributed by atoms with van der Waals surface area (Å²) < 4.78 is 0. The number of rotatable bonds is 0. The monoisotopic (exact) mass is 380 g/mol. The van der Waals surface area contributed by atoms with Gasteiger partial charge in [0.1, 0.15) is 0 Å². The van der Waals surface area contributed by atoms with Gasteiger partial charge in [-0.05, 0) is 63.9 Å². The summed E-state index contributed by atoms with van der Waals surface area (Å²) >= 11 is 0. The van der Waals surface area contributed by atoms with Crippen LogP contribution in [0.2, 0.25) is 0 Å². The van der Waals surface area contributed by atoms with Gasteiger partial charge in [-0.3, -0.25) is 0 Å². The summed E-state index contributed by atoms with van der Waals surface area (Å²) in [4.78, 5) is 7.52. The molecule has 0 saturated carbocycles. The molecule has 0 aliphatic carbocycles. The maximum Gasteiger partial charge on any atom is 0.195 e. The number of nitrogens with zero attached hydrogens (tertiary/aromatic N) is 4. The van der Waals surface area contributed by atoms with E-state index in [4.69, 9.17) is 13.1 Å². The predicted octanol–water partition coefficient (Wildman–Crippen LogP) is 7.20. The molecule has 4 nitrogen and oxygen atoms in total. The van der Waals surface area contributed by atoms with Crippen molar-refractivity contribution in [1.29, 1.82) is 10.5 Å². The van der Waals surface area contributed by atoms with E-state index in [1.807, 2.05) is 38.1 Å². The lowest BCUT2D eigenvalue weighted by Crippen LogP contribution is -1.94. The first-order chi connectivity index (χ1) is 14.5. The van der Waals surface area contributed by atoms with Crippen molar-refractivity contribution in [2.24, 2.45) is 0 Å². The van der Waals surface area contributed by atoms with E-state index >= 15 is 0 Å². The summed E-state index contributed by atoms with van der Waals surface area (Å²) in [6.45, 7) is 19.5. The third-order valence-corrected chi connectivity index (χ3v) is 5.95. The first-order valence-corrected chi connectivity index (χ1v) is 9.32. The van der Waals surface area contributed by atoms with Crippen molar-refractivity contribution in [3.63, 3.8) is 0 Å². The van der Waals surface area contributed by atoms with E-state index in [0.717, 1.165) is 43.4 Å². The largest absolute Gasteiger partial charge is 0.238 e. The summed E-state index contributed by atoms with van der Waals surface area (Å²) in [5, 5.41) is 26.0. The van der Waals surface area contributed by atoms with E-state index in [1.165, 1.54) is 0 Å². The Labute approximate surface area is 172 Å². The SMILES string of the molecule is [C-]#[N+]c1cc(C)c2c(C#N)ccc3c4ccc(C)c5c(C#N)cc([N+]#[C-])c(c1c23)c54. The van der Waals surface area contributed by atoms with Crippen LogP contribution in [0.15, 0.2) is 36.4 Å². The molecule has 0 aliphatic rings. The molecule has 0 amide bonds. The fourth-order valence-electron chi connectivity index (χ4n) is 4.78. The van der Waals surface area contributed by atoms with Gasteiger partial charge in [0.25, 0.3) is 0 Å². The molecule has 0 unspecified atom stereocenters. The number of fused-ring (bicyclic) bond motifs is 2. The Bertz CT molecular complexity index is 1720. The molecule has 0 spiro atoms. The number of aryl methyl sites for hydroxylation is 2. The molecule has 0 atom stereocenters. The van der Waals surface area contributed by atoms with Gasteiger partial charge in [0.2, 0.25) is 0 Å². The Morgan fingerprint density at radius 2 is 1.17 bits per heavy atom. The minimum atomic E-state index is 0.356. The maximum absolute atomic E-state index is 9.77. The van der Waals surface area contributed by atoms with Crippen molar-refractivity contribution in [2.75, 3.05) is 0 Å². The van der Waals surface area contributed by atoms with Gasteiger partial charge in [-0.1, -0.05) is 29.8 Å². The second-order valence-electron chi connectivity index (χ2n) is 7.44. The summed E-state index contributed by atoms with van der Waals surface area (Å²) in [5.74, 6) is 0. The molecule has 30 heavy (non-hydrogen) atoms. The van der Waals surface area contributed by atoms with Crippen molar-refractivity contribution in [3.8, 4) is 12.1 Å². The van der Waals surface area contributed by atoms with Gasteiger partial charge in [0.05, 0.1) is 30.8 Å². The van der Waals surface area contributed by atoms with Gasteiger partial charge in [0, 0.05) is 16.3 Å². The zero-order valence-electron chi connectivity index (χ0n) is 16.3. The fraction of sp³-hybridized carbons (Fsp3) is 0.0769. The zero-order valence-corrected chi connectivity index (χ0v) is 16.3.